The summed E-state index contributed by atoms with van der Waals surface area (Å²) in [4.78, 5) is 4.77. The van der Waals surface area contributed by atoms with Gasteiger partial charge in [0.05, 0.1) is 5.69 Å². The number of aromatic nitrogens is 2. The first-order chi connectivity index (χ1) is 8.66. The summed E-state index contributed by atoms with van der Waals surface area (Å²) in [7, 11) is 0. The third kappa shape index (κ3) is 1.75. The predicted molar refractivity (Wildman–Crippen MR) is 77.8 cm³/mol. The lowest BCUT2D eigenvalue weighted by Gasteiger charge is -2.01. The molecular formula is C15H13BrN2. The summed E-state index contributed by atoms with van der Waals surface area (Å²) in [6.07, 6.45) is 2.07. The molecule has 0 N–H and O–H groups in total. The quantitative estimate of drug-likeness (QED) is 0.652. The van der Waals surface area contributed by atoms with Crippen LogP contribution in [0.3, 0.4) is 0 Å². The van der Waals surface area contributed by atoms with E-state index >= 15 is 0 Å². The Balaban J connectivity index is 2.33. The first-order valence-electron chi connectivity index (χ1n) is 5.87. The highest BCUT2D eigenvalue weighted by molar-refractivity contribution is 9.10. The van der Waals surface area contributed by atoms with E-state index in [0.29, 0.717) is 0 Å². The van der Waals surface area contributed by atoms with Crippen molar-refractivity contribution < 1.29 is 0 Å². The zero-order valence-electron chi connectivity index (χ0n) is 10.3. The van der Waals surface area contributed by atoms with Crippen molar-refractivity contribution in [3.63, 3.8) is 0 Å². The summed E-state index contributed by atoms with van der Waals surface area (Å²) in [6.45, 7) is 4.19. The molecule has 2 nitrogen and oxygen atoms in total. The molecule has 2 aromatic heterocycles. The first-order valence-corrected chi connectivity index (χ1v) is 6.66. The van der Waals surface area contributed by atoms with E-state index in [1.54, 1.807) is 0 Å². The fraction of sp³-hybridized carbons (Fsp3) is 0.133. The van der Waals surface area contributed by atoms with Crippen LogP contribution in [0.5, 0.6) is 0 Å². The van der Waals surface area contributed by atoms with Gasteiger partial charge in [0.25, 0.3) is 0 Å². The maximum Gasteiger partial charge on any atom is 0.140 e. The van der Waals surface area contributed by atoms with Crippen molar-refractivity contribution in [1.29, 1.82) is 0 Å². The van der Waals surface area contributed by atoms with E-state index in [9.17, 15) is 0 Å². The molecule has 0 fully saturated rings. The van der Waals surface area contributed by atoms with Crippen molar-refractivity contribution >= 4 is 21.6 Å². The Labute approximate surface area is 114 Å². The van der Waals surface area contributed by atoms with Gasteiger partial charge in [0.2, 0.25) is 0 Å². The maximum atomic E-state index is 4.77. The van der Waals surface area contributed by atoms with E-state index < -0.39 is 0 Å². The molecule has 0 amide bonds. The van der Waals surface area contributed by atoms with E-state index in [-0.39, 0.29) is 0 Å². The number of hydrogen-bond donors (Lipinski definition) is 0. The number of aryl methyl sites for hydroxylation is 2. The molecule has 0 radical (unpaired) electrons. The predicted octanol–water partition coefficient (Wildman–Crippen LogP) is 4.38. The minimum absolute atomic E-state index is 1.02. The van der Waals surface area contributed by atoms with Crippen LogP contribution < -0.4 is 0 Å². The molecule has 0 aliphatic heterocycles. The summed E-state index contributed by atoms with van der Waals surface area (Å²) >= 11 is 3.53. The zero-order valence-corrected chi connectivity index (χ0v) is 11.9. The minimum atomic E-state index is 1.02. The monoisotopic (exact) mass is 300 g/mol. The van der Waals surface area contributed by atoms with Crippen molar-refractivity contribution in [2.75, 3.05) is 0 Å². The van der Waals surface area contributed by atoms with Crippen LogP contribution in [-0.4, -0.2) is 9.38 Å². The molecule has 0 atom stereocenters. The van der Waals surface area contributed by atoms with Gasteiger partial charge < -0.3 is 4.40 Å². The fourth-order valence-electron chi connectivity index (χ4n) is 2.25. The molecule has 3 aromatic rings. The second-order valence-electron chi connectivity index (χ2n) is 4.45. The summed E-state index contributed by atoms with van der Waals surface area (Å²) in [5.74, 6) is 0. The number of hydrogen-bond acceptors (Lipinski definition) is 1. The molecule has 0 aliphatic rings. The van der Waals surface area contributed by atoms with Gasteiger partial charge in [-0.3, -0.25) is 0 Å². The third-order valence-electron chi connectivity index (χ3n) is 3.16. The van der Waals surface area contributed by atoms with Crippen LogP contribution in [0.25, 0.3) is 16.9 Å². The van der Waals surface area contributed by atoms with Gasteiger partial charge in [0.15, 0.2) is 0 Å². The largest absolute Gasteiger partial charge is 0.302 e. The number of pyridine rings is 1. The van der Waals surface area contributed by atoms with Crippen LogP contribution in [0.15, 0.2) is 47.1 Å². The van der Waals surface area contributed by atoms with Crippen LogP contribution >= 0.6 is 15.9 Å². The van der Waals surface area contributed by atoms with Gasteiger partial charge in [-0.05, 0) is 41.4 Å². The molecule has 90 valence electrons. The fourth-order valence-corrected chi connectivity index (χ4v) is 2.80. The molecule has 3 rings (SSSR count). The van der Waals surface area contributed by atoms with Gasteiger partial charge in [-0.2, -0.15) is 0 Å². The highest BCUT2D eigenvalue weighted by Gasteiger charge is 2.11. The number of imidazole rings is 1. The van der Waals surface area contributed by atoms with Gasteiger partial charge in [0, 0.05) is 21.9 Å². The number of halogens is 1. The Morgan fingerprint density at radius 2 is 1.83 bits per heavy atom. The first kappa shape index (κ1) is 11.5. The average molecular weight is 301 g/mol. The van der Waals surface area contributed by atoms with Gasteiger partial charge in [-0.25, -0.2) is 4.98 Å². The second kappa shape index (κ2) is 4.25. The lowest BCUT2D eigenvalue weighted by molar-refractivity contribution is 1.09. The van der Waals surface area contributed by atoms with Gasteiger partial charge in [0.1, 0.15) is 5.65 Å². The molecule has 18 heavy (non-hydrogen) atoms. The smallest absolute Gasteiger partial charge is 0.140 e. The third-order valence-corrected chi connectivity index (χ3v) is 3.59. The highest BCUT2D eigenvalue weighted by Crippen LogP contribution is 2.26. The van der Waals surface area contributed by atoms with Gasteiger partial charge >= 0.3 is 0 Å². The Hall–Kier alpha value is -1.61. The molecular weight excluding hydrogens is 288 g/mol. The molecule has 2 heterocycles. The molecule has 1 aromatic carbocycles. The van der Waals surface area contributed by atoms with Crippen molar-refractivity contribution in [2.45, 2.75) is 13.8 Å². The topological polar surface area (TPSA) is 17.3 Å². The summed E-state index contributed by atoms with van der Waals surface area (Å²) in [5, 5.41) is 0. The maximum absolute atomic E-state index is 4.77. The summed E-state index contributed by atoms with van der Waals surface area (Å²) in [6, 6.07) is 12.4. The molecule has 0 saturated heterocycles. The SMILES string of the molecule is Cc1cc(Br)cn2c(C)c(-c3ccccc3)nc12. The van der Waals surface area contributed by atoms with Crippen LogP contribution in [0.4, 0.5) is 0 Å². The summed E-state index contributed by atoms with van der Waals surface area (Å²) in [5.41, 5.74) is 5.58. The molecule has 0 aliphatic carbocycles. The standard InChI is InChI=1S/C15H13BrN2/c1-10-8-13(16)9-18-11(2)14(17-15(10)18)12-6-4-3-5-7-12/h3-9H,1-2H3. The van der Waals surface area contributed by atoms with Crippen LogP contribution in [0, 0.1) is 13.8 Å². The van der Waals surface area contributed by atoms with Gasteiger partial charge in [-0.1, -0.05) is 30.3 Å². The summed E-state index contributed by atoms with van der Waals surface area (Å²) < 4.78 is 3.22. The highest BCUT2D eigenvalue weighted by atomic mass is 79.9. The van der Waals surface area contributed by atoms with Crippen molar-refractivity contribution in [3.05, 3.63) is 58.3 Å². The number of rotatable bonds is 1. The number of benzene rings is 1. The van der Waals surface area contributed by atoms with E-state index in [2.05, 4.69) is 58.6 Å². The number of nitrogens with zero attached hydrogens (tertiary/aromatic N) is 2. The molecule has 0 saturated carbocycles. The Bertz CT molecular complexity index is 714. The Kier molecular flexibility index (Phi) is 2.71. The van der Waals surface area contributed by atoms with E-state index in [1.807, 2.05) is 18.2 Å². The Morgan fingerprint density at radius 3 is 2.56 bits per heavy atom. The van der Waals surface area contributed by atoms with Crippen molar-refractivity contribution in [1.82, 2.24) is 9.38 Å². The van der Waals surface area contributed by atoms with E-state index in [1.165, 1.54) is 11.3 Å². The normalized spacial score (nSPS) is 11.1. The van der Waals surface area contributed by atoms with Gasteiger partial charge in [-0.15, -0.1) is 0 Å². The van der Waals surface area contributed by atoms with E-state index in [4.69, 9.17) is 4.98 Å². The Morgan fingerprint density at radius 1 is 1.11 bits per heavy atom. The molecule has 0 spiro atoms. The number of fused-ring (bicyclic) bond motifs is 1. The van der Waals surface area contributed by atoms with Crippen LogP contribution in [0.1, 0.15) is 11.3 Å². The zero-order chi connectivity index (χ0) is 12.7. The lowest BCUT2D eigenvalue weighted by Crippen LogP contribution is -1.90. The molecule has 0 unspecified atom stereocenters. The van der Waals surface area contributed by atoms with Crippen LogP contribution in [-0.2, 0) is 0 Å². The van der Waals surface area contributed by atoms with E-state index in [0.717, 1.165) is 21.4 Å². The molecule has 0 bridgehead atoms. The minimum Gasteiger partial charge on any atom is -0.302 e. The van der Waals surface area contributed by atoms with Crippen molar-refractivity contribution in [3.8, 4) is 11.3 Å². The van der Waals surface area contributed by atoms with Crippen LogP contribution in [0.2, 0.25) is 0 Å². The molecule has 3 heteroatoms. The second-order valence-corrected chi connectivity index (χ2v) is 5.36. The average Bonchev–Trinajstić information content (AvgIpc) is 2.69. The van der Waals surface area contributed by atoms with Crippen molar-refractivity contribution in [2.24, 2.45) is 0 Å². The lowest BCUT2D eigenvalue weighted by atomic mass is 10.1.